The molecule has 27 rings (SSSR count). The van der Waals surface area contributed by atoms with Gasteiger partial charge in [-0.15, -0.1) is 90.7 Å². The quantitative estimate of drug-likeness (QED) is 0.138. The highest BCUT2D eigenvalue weighted by Gasteiger charge is 2.46. The summed E-state index contributed by atoms with van der Waals surface area (Å²) >= 11 is 14.8. The van der Waals surface area contributed by atoms with Gasteiger partial charge >= 0.3 is 0 Å². The highest BCUT2D eigenvalue weighted by Crippen LogP contribution is 2.54. The van der Waals surface area contributed by atoms with Crippen LogP contribution in [-0.4, -0.2) is 50.0 Å². The molecule has 0 saturated heterocycles. The first-order valence-electron chi connectivity index (χ1n) is 40.5. The SMILES string of the molecule is c1ccc(B2c3c(sc4ccccc34)N(c3nc(-c4ccccc4)nc(-c4ccccc4)n3)c3sc4ccccc4c32)cc1.c1ccc(B2c3c(sc4ccccc34)N(c3nccc4c3sc3ccccc34)c3sc4ccccc4c32)cc1.c1ccc(B2c3c(sc4ccccc34)N(c3ncnc4c3sc3ccccc34)c3sc4ccccc4c32)cc1. The Morgan fingerprint density at radius 1 is 0.213 bits per heavy atom. The van der Waals surface area contributed by atoms with Crippen molar-refractivity contribution in [3.63, 3.8) is 0 Å². The maximum absolute atomic E-state index is 5.21. The highest BCUT2D eigenvalue weighted by atomic mass is 32.1. The Bertz CT molecular complexity index is 7630. The summed E-state index contributed by atoms with van der Waals surface area (Å²) in [7, 11) is 0. The molecule has 9 nitrogen and oxygen atoms in total. The summed E-state index contributed by atoms with van der Waals surface area (Å²) in [5.74, 6) is 3.94. The predicted octanol–water partition coefficient (Wildman–Crippen LogP) is 23.7. The number of fused-ring (bicyclic) bond motifs is 24. The van der Waals surface area contributed by atoms with Gasteiger partial charge in [-0.1, -0.05) is 314 Å². The number of pyridine rings is 1. The summed E-state index contributed by atoms with van der Waals surface area (Å²) in [6.07, 6.45) is 3.72. The third-order valence-corrected chi connectivity index (χ3v) is 33.1. The molecule has 3 aliphatic rings. The number of rotatable bonds is 8. The number of thiophene rings is 8. The fraction of sp³-hybridized carbons (Fsp3) is 0. The molecular formula is C102H60B3N9S8. The molecule has 20 heteroatoms. The second-order valence-corrected chi connectivity index (χ2v) is 38.8. The molecular weight excluding hydrogens is 1640 g/mol. The van der Waals surface area contributed by atoms with Gasteiger partial charge in [0.25, 0.3) is 20.1 Å². The molecule has 0 bridgehead atoms. The van der Waals surface area contributed by atoms with Gasteiger partial charge < -0.3 is 0 Å². The van der Waals surface area contributed by atoms with Crippen LogP contribution in [0.4, 0.5) is 47.6 Å². The van der Waals surface area contributed by atoms with Crippen LogP contribution in [0.1, 0.15) is 0 Å². The predicted molar refractivity (Wildman–Crippen MR) is 532 cm³/mol. The van der Waals surface area contributed by atoms with Crippen LogP contribution < -0.4 is 63.9 Å². The van der Waals surface area contributed by atoms with E-state index in [1.54, 1.807) is 17.7 Å². The third kappa shape index (κ3) is 11.5. The van der Waals surface area contributed by atoms with Gasteiger partial charge in [-0.3, -0.25) is 14.7 Å². The second kappa shape index (κ2) is 29.4. The van der Waals surface area contributed by atoms with E-state index in [1.165, 1.54) is 160 Å². The minimum atomic E-state index is 0.0776. The molecule has 3 aliphatic heterocycles. The summed E-state index contributed by atoms with van der Waals surface area (Å²) in [5.41, 5.74) is 15.0. The smallest absolute Gasteiger partial charge is 0.250 e. The van der Waals surface area contributed by atoms with Crippen LogP contribution in [0.25, 0.3) is 124 Å². The van der Waals surface area contributed by atoms with Crippen LogP contribution >= 0.6 is 90.7 Å². The van der Waals surface area contributed by atoms with Gasteiger partial charge in [-0.2, -0.15) is 9.97 Å². The molecule has 0 unspecified atom stereocenters. The molecule has 0 aliphatic carbocycles. The monoisotopic (exact) mass is 1700 g/mol. The van der Waals surface area contributed by atoms with Crippen molar-refractivity contribution in [3.05, 3.63) is 364 Å². The minimum absolute atomic E-state index is 0.0776. The zero-order valence-electron chi connectivity index (χ0n) is 64.7. The molecule has 0 saturated carbocycles. The summed E-state index contributed by atoms with van der Waals surface area (Å²) in [5, 5.41) is 19.0. The Kier molecular flexibility index (Phi) is 17.3. The lowest BCUT2D eigenvalue weighted by Crippen LogP contribution is -2.56. The van der Waals surface area contributed by atoms with Gasteiger partial charge in [0.05, 0.1) is 44.9 Å². The summed E-state index contributed by atoms with van der Waals surface area (Å²) in [4.78, 5) is 37.5. The van der Waals surface area contributed by atoms with Gasteiger partial charge in [0.15, 0.2) is 23.3 Å². The van der Waals surface area contributed by atoms with Crippen molar-refractivity contribution in [3.8, 4) is 22.8 Å². The molecule has 14 heterocycles. The lowest BCUT2D eigenvalue weighted by Gasteiger charge is -2.32. The fourth-order valence-electron chi connectivity index (χ4n) is 18.6. The molecule has 0 atom stereocenters. The van der Waals surface area contributed by atoms with Crippen molar-refractivity contribution in [1.29, 1.82) is 0 Å². The lowest BCUT2D eigenvalue weighted by molar-refractivity contribution is 1.03. The standard InChI is InChI=1S/C37H23BN4S2.C33H19BN2S3.C32H18BN3S3/c1-4-14-24(15-5-1)33-39-34(25-16-6-2-7-17-25)41-37(40-33)42-35-31(27-20-10-12-22-29(27)43-35)38(26-18-8-3-9-19-26)32-28-21-11-13-23-30(28)44-36(32)42;1-2-10-20(11-3-1)34-28-23-13-5-8-16-26(23)38-32(28)36(33-29(34)24-14-6-9-17-27(24)39-33)31-30-22(18-19-35-31)21-12-4-7-15-25(21)37-30;1-2-10-19(11-3-1)33-26-20-12-4-7-15-23(20)38-31(26)36(32-27(33)21-13-5-8-16-24(21)39-32)30-29-28(34-18-35-30)22-14-6-9-17-25(22)37-29/h1-23H;1-19H;1-18H. The van der Waals surface area contributed by atoms with Crippen LogP contribution in [0.3, 0.4) is 0 Å². The first kappa shape index (κ1) is 71.8. The second-order valence-electron chi connectivity index (χ2n) is 30.5. The van der Waals surface area contributed by atoms with E-state index in [0.29, 0.717) is 17.6 Å². The highest BCUT2D eigenvalue weighted by molar-refractivity contribution is 7.33. The van der Waals surface area contributed by atoms with E-state index in [2.05, 4.69) is 330 Å². The summed E-state index contributed by atoms with van der Waals surface area (Å²) in [6.45, 7) is 0.370. The zero-order chi connectivity index (χ0) is 80.0. The fourth-order valence-corrected chi connectivity index (χ4v) is 28.5. The molecule has 0 fully saturated rings. The average Bonchev–Trinajstić information content (AvgIpc) is 1.54. The van der Waals surface area contributed by atoms with Crippen molar-refractivity contribution in [1.82, 2.24) is 29.9 Å². The third-order valence-electron chi connectivity index (χ3n) is 23.8. The van der Waals surface area contributed by atoms with Crippen molar-refractivity contribution in [2.24, 2.45) is 0 Å². The number of hydrogen-bond acceptors (Lipinski definition) is 17. The van der Waals surface area contributed by atoms with Gasteiger partial charge in [0.2, 0.25) is 5.95 Å². The van der Waals surface area contributed by atoms with E-state index in [0.717, 1.165) is 43.0 Å². The van der Waals surface area contributed by atoms with Crippen LogP contribution in [-0.2, 0) is 0 Å². The number of nitrogens with zero attached hydrogens (tertiary/aromatic N) is 9. The Morgan fingerprint density at radius 2 is 0.492 bits per heavy atom. The Labute approximate surface area is 733 Å². The molecule has 0 N–H and O–H groups in total. The van der Waals surface area contributed by atoms with Crippen molar-refractivity contribution in [2.75, 3.05) is 14.7 Å². The van der Waals surface area contributed by atoms with Gasteiger partial charge in [0, 0.05) is 71.1 Å². The number of benzene rings is 13. The lowest BCUT2D eigenvalue weighted by atomic mass is 9.35. The van der Waals surface area contributed by atoms with Crippen molar-refractivity contribution >= 4 is 309 Å². The molecule has 570 valence electrons. The number of anilines is 9. The molecule has 122 heavy (non-hydrogen) atoms. The topological polar surface area (TPSA) is 87.1 Å². The Hall–Kier alpha value is -13.1. The van der Waals surface area contributed by atoms with Gasteiger partial charge in [-0.25, -0.2) is 19.9 Å². The van der Waals surface area contributed by atoms with Crippen LogP contribution in [0.15, 0.2) is 364 Å². The summed E-state index contributed by atoms with van der Waals surface area (Å²) < 4.78 is 12.6. The van der Waals surface area contributed by atoms with Crippen LogP contribution in [0.5, 0.6) is 0 Å². The van der Waals surface area contributed by atoms with E-state index in [4.69, 9.17) is 29.9 Å². The first-order valence-corrected chi connectivity index (χ1v) is 47.0. The largest absolute Gasteiger partial charge is 0.276 e. The van der Waals surface area contributed by atoms with Crippen molar-refractivity contribution < 1.29 is 0 Å². The average molecular weight is 1700 g/mol. The number of aromatic nitrogens is 6. The molecule has 24 aromatic rings. The van der Waals surface area contributed by atoms with E-state index >= 15 is 0 Å². The van der Waals surface area contributed by atoms with Crippen LogP contribution in [0, 0.1) is 0 Å². The zero-order valence-corrected chi connectivity index (χ0v) is 71.2. The molecule has 0 radical (unpaired) electrons. The first-order chi connectivity index (χ1) is 60.6. The normalized spacial score (nSPS) is 12.8. The van der Waals surface area contributed by atoms with Crippen LogP contribution in [0.2, 0.25) is 0 Å². The Balaban J connectivity index is 0.000000101. The molecule has 13 aromatic carbocycles. The minimum Gasteiger partial charge on any atom is -0.276 e. The number of hydrogen-bond donors (Lipinski definition) is 0. The van der Waals surface area contributed by atoms with E-state index in [9.17, 15) is 0 Å². The maximum Gasteiger partial charge on any atom is 0.250 e. The van der Waals surface area contributed by atoms with Gasteiger partial charge in [0.1, 0.15) is 6.33 Å². The Morgan fingerprint density at radius 3 is 0.852 bits per heavy atom. The van der Waals surface area contributed by atoms with Crippen molar-refractivity contribution in [2.45, 2.75) is 0 Å². The van der Waals surface area contributed by atoms with E-state index in [1.807, 2.05) is 122 Å². The summed E-state index contributed by atoms with van der Waals surface area (Å²) in [6, 6.07) is 126. The molecule has 0 amide bonds. The molecule has 0 spiro atoms. The van der Waals surface area contributed by atoms with E-state index in [-0.39, 0.29) is 20.1 Å². The van der Waals surface area contributed by atoms with Gasteiger partial charge in [-0.05, 0) is 120 Å². The maximum atomic E-state index is 5.21. The molecule has 11 aromatic heterocycles. The van der Waals surface area contributed by atoms with E-state index < -0.39 is 0 Å².